The summed E-state index contributed by atoms with van der Waals surface area (Å²) in [6.45, 7) is 0.447. The van der Waals surface area contributed by atoms with Crippen LogP contribution in [0.15, 0.2) is 24.4 Å². The summed E-state index contributed by atoms with van der Waals surface area (Å²) >= 11 is 0. The zero-order valence-corrected chi connectivity index (χ0v) is 13.9. The van der Waals surface area contributed by atoms with Gasteiger partial charge in [0.25, 0.3) is 0 Å². The lowest BCUT2D eigenvalue weighted by molar-refractivity contribution is 0.391. The molecule has 1 aliphatic heterocycles. The third kappa shape index (κ3) is 2.41. The molecule has 4 nitrogen and oxygen atoms in total. The Morgan fingerprint density at radius 3 is 2.58 bits per heavy atom. The number of imidazole rings is 1. The Kier molecular flexibility index (Phi) is 3.37. The number of nitrogens with zero attached hydrogens (tertiary/aromatic N) is 3. The molecule has 2 N–H and O–H groups in total. The van der Waals surface area contributed by atoms with Gasteiger partial charge in [0.1, 0.15) is 17.2 Å². The SMILES string of the molecule is NC1Cn2c(nc3cnc(C4CC4)cc32)C[C@@H]1c1cc(F)c(F)cc1F. The van der Waals surface area contributed by atoms with Gasteiger partial charge in [-0.2, -0.15) is 0 Å². The fourth-order valence-electron chi connectivity index (χ4n) is 3.90. The molecular formula is C19H17F3N4. The van der Waals surface area contributed by atoms with Crippen molar-refractivity contribution in [2.45, 2.75) is 43.7 Å². The van der Waals surface area contributed by atoms with Gasteiger partial charge in [0.2, 0.25) is 0 Å². The van der Waals surface area contributed by atoms with Crippen LogP contribution in [0.2, 0.25) is 0 Å². The Morgan fingerprint density at radius 2 is 1.81 bits per heavy atom. The van der Waals surface area contributed by atoms with E-state index in [0.29, 0.717) is 24.9 Å². The molecule has 7 heteroatoms. The number of aromatic nitrogens is 3. The summed E-state index contributed by atoms with van der Waals surface area (Å²) in [7, 11) is 0. The first kappa shape index (κ1) is 15.8. The molecular weight excluding hydrogens is 341 g/mol. The van der Waals surface area contributed by atoms with E-state index in [1.807, 2.05) is 4.57 Å². The summed E-state index contributed by atoms with van der Waals surface area (Å²) in [5.41, 5.74) is 9.23. The van der Waals surface area contributed by atoms with E-state index >= 15 is 0 Å². The summed E-state index contributed by atoms with van der Waals surface area (Å²) in [5.74, 6) is -2.18. The largest absolute Gasteiger partial charge is 0.326 e. The van der Waals surface area contributed by atoms with Crippen molar-refractivity contribution in [1.82, 2.24) is 14.5 Å². The normalized spacial score (nSPS) is 22.6. The summed E-state index contributed by atoms with van der Waals surface area (Å²) in [6, 6.07) is 3.15. The molecule has 3 heterocycles. The lowest BCUT2D eigenvalue weighted by Gasteiger charge is -2.30. The predicted molar refractivity (Wildman–Crippen MR) is 90.2 cm³/mol. The van der Waals surface area contributed by atoms with E-state index in [-0.39, 0.29) is 5.56 Å². The molecule has 1 aliphatic carbocycles. The second kappa shape index (κ2) is 5.54. The number of nitrogens with two attached hydrogens (primary N) is 1. The van der Waals surface area contributed by atoms with E-state index in [4.69, 9.17) is 5.73 Å². The number of benzene rings is 1. The highest BCUT2D eigenvalue weighted by Gasteiger charge is 2.33. The van der Waals surface area contributed by atoms with E-state index in [1.165, 1.54) is 0 Å². The quantitative estimate of drug-likeness (QED) is 0.715. The first-order valence-corrected chi connectivity index (χ1v) is 8.76. The van der Waals surface area contributed by atoms with Gasteiger partial charge in [-0.25, -0.2) is 18.2 Å². The van der Waals surface area contributed by atoms with Crippen LogP contribution < -0.4 is 5.73 Å². The third-order valence-corrected chi connectivity index (χ3v) is 5.48. The van der Waals surface area contributed by atoms with Crippen LogP contribution in [0.1, 0.15) is 41.8 Å². The topological polar surface area (TPSA) is 56.7 Å². The maximum absolute atomic E-state index is 14.2. The molecule has 1 saturated carbocycles. The summed E-state index contributed by atoms with van der Waals surface area (Å²) in [4.78, 5) is 9.09. The smallest absolute Gasteiger partial charge is 0.161 e. The molecule has 0 saturated heterocycles. The summed E-state index contributed by atoms with van der Waals surface area (Å²) in [5, 5.41) is 0. The van der Waals surface area contributed by atoms with Gasteiger partial charge in [-0.15, -0.1) is 0 Å². The lowest BCUT2D eigenvalue weighted by atomic mass is 9.86. The van der Waals surface area contributed by atoms with Crippen molar-refractivity contribution in [2.24, 2.45) is 5.73 Å². The molecule has 5 rings (SSSR count). The van der Waals surface area contributed by atoms with Crippen molar-refractivity contribution in [3.05, 3.63) is 58.9 Å². The number of hydrogen-bond donors (Lipinski definition) is 1. The van der Waals surface area contributed by atoms with Crippen LogP contribution in [-0.2, 0) is 13.0 Å². The van der Waals surface area contributed by atoms with Crippen LogP contribution in [0, 0.1) is 17.5 Å². The van der Waals surface area contributed by atoms with Crippen molar-refractivity contribution in [3.8, 4) is 0 Å². The molecule has 2 aliphatic rings. The Labute approximate surface area is 147 Å². The van der Waals surface area contributed by atoms with Crippen LogP contribution in [0.3, 0.4) is 0 Å². The van der Waals surface area contributed by atoms with Crippen LogP contribution >= 0.6 is 0 Å². The lowest BCUT2D eigenvalue weighted by Crippen LogP contribution is -2.39. The maximum atomic E-state index is 14.2. The monoisotopic (exact) mass is 358 g/mol. The average molecular weight is 358 g/mol. The van der Waals surface area contributed by atoms with Crippen molar-refractivity contribution in [1.29, 1.82) is 0 Å². The van der Waals surface area contributed by atoms with Gasteiger partial charge in [0.05, 0.1) is 11.7 Å². The molecule has 0 bridgehead atoms. The number of hydrogen-bond acceptors (Lipinski definition) is 3. The Hall–Kier alpha value is -2.41. The number of fused-ring (bicyclic) bond motifs is 3. The highest BCUT2D eigenvalue weighted by molar-refractivity contribution is 5.76. The molecule has 26 heavy (non-hydrogen) atoms. The van der Waals surface area contributed by atoms with E-state index in [1.54, 1.807) is 6.20 Å². The first-order chi connectivity index (χ1) is 12.5. The molecule has 1 fully saturated rings. The van der Waals surface area contributed by atoms with E-state index < -0.39 is 29.4 Å². The van der Waals surface area contributed by atoms with Crippen molar-refractivity contribution >= 4 is 11.0 Å². The van der Waals surface area contributed by atoms with Gasteiger partial charge < -0.3 is 10.3 Å². The van der Waals surface area contributed by atoms with Crippen molar-refractivity contribution < 1.29 is 13.2 Å². The highest BCUT2D eigenvalue weighted by Crippen LogP contribution is 2.40. The second-order valence-corrected chi connectivity index (χ2v) is 7.27. The van der Waals surface area contributed by atoms with E-state index in [2.05, 4.69) is 16.0 Å². The molecule has 2 atom stereocenters. The molecule has 3 aromatic rings. The number of pyridine rings is 1. The molecule has 2 aromatic heterocycles. The molecule has 1 aromatic carbocycles. The van der Waals surface area contributed by atoms with Crippen LogP contribution in [0.25, 0.3) is 11.0 Å². The third-order valence-electron chi connectivity index (χ3n) is 5.48. The minimum Gasteiger partial charge on any atom is -0.326 e. The van der Waals surface area contributed by atoms with E-state index in [9.17, 15) is 13.2 Å². The Bertz CT molecular complexity index is 1030. The fraction of sp³-hybridized carbons (Fsp3) is 0.368. The summed E-state index contributed by atoms with van der Waals surface area (Å²) < 4.78 is 43.1. The van der Waals surface area contributed by atoms with Gasteiger partial charge in [0.15, 0.2) is 11.6 Å². The molecule has 0 amide bonds. The summed E-state index contributed by atoms with van der Waals surface area (Å²) in [6.07, 6.45) is 4.47. The van der Waals surface area contributed by atoms with Crippen LogP contribution in [0.5, 0.6) is 0 Å². The van der Waals surface area contributed by atoms with Gasteiger partial charge in [-0.1, -0.05) is 0 Å². The molecule has 134 valence electrons. The Morgan fingerprint density at radius 1 is 1.04 bits per heavy atom. The van der Waals surface area contributed by atoms with Crippen LogP contribution in [-0.4, -0.2) is 20.6 Å². The minimum atomic E-state index is -1.19. The molecule has 0 spiro atoms. The van der Waals surface area contributed by atoms with Gasteiger partial charge >= 0.3 is 0 Å². The molecule has 0 radical (unpaired) electrons. The number of rotatable bonds is 2. The standard InChI is InChI=1S/C19H17F3N4/c20-12-5-14(22)13(21)3-10(12)11-4-19-25-17-7-24-16(9-1-2-9)6-18(17)26(19)8-15(11)23/h3,5-7,9,11,15H,1-2,4,8,23H2/t11-,15?/m1/s1. The van der Waals surface area contributed by atoms with E-state index in [0.717, 1.165) is 41.5 Å². The second-order valence-electron chi connectivity index (χ2n) is 7.27. The van der Waals surface area contributed by atoms with Gasteiger partial charge in [-0.3, -0.25) is 4.98 Å². The van der Waals surface area contributed by atoms with Crippen molar-refractivity contribution in [3.63, 3.8) is 0 Å². The maximum Gasteiger partial charge on any atom is 0.161 e. The predicted octanol–water partition coefficient (Wildman–Crippen LogP) is 3.39. The average Bonchev–Trinajstić information content (AvgIpc) is 3.40. The zero-order valence-electron chi connectivity index (χ0n) is 13.9. The minimum absolute atomic E-state index is 0.103. The van der Waals surface area contributed by atoms with Crippen molar-refractivity contribution in [2.75, 3.05) is 0 Å². The Balaban J connectivity index is 1.56. The first-order valence-electron chi connectivity index (χ1n) is 8.76. The van der Waals surface area contributed by atoms with Gasteiger partial charge in [-0.05, 0) is 30.5 Å². The highest BCUT2D eigenvalue weighted by atomic mass is 19.2. The number of halogens is 3. The molecule has 1 unspecified atom stereocenters. The van der Waals surface area contributed by atoms with Crippen LogP contribution in [0.4, 0.5) is 13.2 Å². The van der Waals surface area contributed by atoms with Gasteiger partial charge in [0, 0.05) is 42.6 Å². The zero-order chi connectivity index (χ0) is 18.0. The fourth-order valence-corrected chi connectivity index (χ4v) is 3.90.